The topological polar surface area (TPSA) is 68.9 Å². The number of hydrogen-bond donors (Lipinski definition) is 1. The molecule has 4 rings (SSSR count). The Hall–Kier alpha value is -3.85. The molecule has 0 unspecified atom stereocenters. The summed E-state index contributed by atoms with van der Waals surface area (Å²) in [5.74, 6) is 0. The largest absolute Gasteiger partial charge is 0.416 e. The van der Waals surface area contributed by atoms with Crippen molar-refractivity contribution in [2.45, 2.75) is 6.18 Å². The summed E-state index contributed by atoms with van der Waals surface area (Å²) in [6, 6.07) is 14.6. The van der Waals surface area contributed by atoms with Gasteiger partial charge in [-0.2, -0.15) is 23.0 Å². The average molecular weight is 459 g/mol. The smallest absolute Gasteiger partial charge is 0.306 e. The highest BCUT2D eigenvalue weighted by molar-refractivity contribution is 6.30. The molecule has 0 atom stereocenters. The SMILES string of the molecule is O=C(Nc1ccc(C(F)(F)F)cc1)n1cc(-n2ccccc2=O)c(-c2ccc(Cl)cc2)n1. The van der Waals surface area contributed by atoms with Gasteiger partial charge in [0.2, 0.25) is 0 Å². The number of amides is 1. The fraction of sp³-hybridized carbons (Fsp3) is 0.0455. The number of carbonyl (C=O) groups excluding carboxylic acids is 1. The summed E-state index contributed by atoms with van der Waals surface area (Å²) in [4.78, 5) is 25.1. The fourth-order valence-corrected chi connectivity index (χ4v) is 3.13. The van der Waals surface area contributed by atoms with Crippen molar-refractivity contribution in [3.63, 3.8) is 0 Å². The number of aromatic nitrogens is 3. The Morgan fingerprint density at radius 2 is 1.66 bits per heavy atom. The van der Waals surface area contributed by atoms with E-state index in [1.165, 1.54) is 23.0 Å². The van der Waals surface area contributed by atoms with Gasteiger partial charge in [0.1, 0.15) is 5.69 Å². The number of alkyl halides is 3. The van der Waals surface area contributed by atoms with Crippen LogP contribution < -0.4 is 10.9 Å². The molecule has 6 nitrogen and oxygen atoms in total. The third-order valence-corrected chi connectivity index (χ3v) is 4.82. The molecule has 1 N–H and O–H groups in total. The summed E-state index contributed by atoms with van der Waals surface area (Å²) in [5.41, 5.74) is 0.306. The summed E-state index contributed by atoms with van der Waals surface area (Å²) in [6.07, 6.45) is -1.57. The first-order chi connectivity index (χ1) is 15.2. The number of pyridine rings is 1. The maximum atomic E-state index is 12.7. The van der Waals surface area contributed by atoms with E-state index >= 15 is 0 Å². The molecule has 0 saturated heterocycles. The zero-order valence-corrected chi connectivity index (χ0v) is 16.9. The van der Waals surface area contributed by atoms with Gasteiger partial charge in [-0.1, -0.05) is 29.8 Å². The lowest BCUT2D eigenvalue weighted by atomic mass is 10.1. The van der Waals surface area contributed by atoms with Gasteiger partial charge in [0.15, 0.2) is 0 Å². The van der Waals surface area contributed by atoms with Crippen molar-refractivity contribution in [1.29, 1.82) is 0 Å². The molecule has 0 bridgehead atoms. The zero-order chi connectivity index (χ0) is 22.9. The summed E-state index contributed by atoms with van der Waals surface area (Å²) in [5, 5.41) is 7.30. The fourth-order valence-electron chi connectivity index (χ4n) is 3.01. The number of benzene rings is 2. The molecule has 32 heavy (non-hydrogen) atoms. The van der Waals surface area contributed by atoms with Crippen molar-refractivity contribution < 1.29 is 18.0 Å². The first kappa shape index (κ1) is 21.4. The van der Waals surface area contributed by atoms with E-state index in [2.05, 4.69) is 10.4 Å². The monoisotopic (exact) mass is 458 g/mol. The van der Waals surface area contributed by atoms with Crippen LogP contribution in [0.4, 0.5) is 23.7 Å². The standard InChI is InChI=1S/C22H14ClF3N4O2/c23-16-8-4-14(5-9-16)20-18(29-12-2-1-3-19(29)31)13-30(28-20)21(32)27-17-10-6-15(7-11-17)22(24,25)26/h1-13H,(H,27,32). The first-order valence-electron chi connectivity index (χ1n) is 9.25. The number of hydrogen-bond acceptors (Lipinski definition) is 3. The number of nitrogens with one attached hydrogen (secondary N) is 1. The molecule has 0 spiro atoms. The third kappa shape index (κ3) is 4.42. The second-order valence-corrected chi connectivity index (χ2v) is 7.16. The molecule has 4 aromatic rings. The van der Waals surface area contributed by atoms with E-state index < -0.39 is 17.8 Å². The molecule has 0 aliphatic carbocycles. The molecule has 0 aliphatic rings. The number of nitrogens with zero attached hydrogens (tertiary/aromatic N) is 3. The van der Waals surface area contributed by atoms with Crippen molar-refractivity contribution in [1.82, 2.24) is 14.3 Å². The van der Waals surface area contributed by atoms with Crippen LogP contribution in [0, 0.1) is 0 Å². The van der Waals surface area contributed by atoms with Crippen LogP contribution >= 0.6 is 11.6 Å². The van der Waals surface area contributed by atoms with Crippen molar-refractivity contribution in [3.05, 3.63) is 100 Å². The van der Waals surface area contributed by atoms with Gasteiger partial charge in [0.25, 0.3) is 5.56 Å². The molecule has 1 amide bonds. The van der Waals surface area contributed by atoms with Gasteiger partial charge in [0.05, 0.1) is 17.4 Å². The molecular weight excluding hydrogens is 445 g/mol. The van der Waals surface area contributed by atoms with Gasteiger partial charge < -0.3 is 5.32 Å². The van der Waals surface area contributed by atoms with Gasteiger partial charge in [-0.15, -0.1) is 0 Å². The van der Waals surface area contributed by atoms with Crippen LogP contribution in [-0.2, 0) is 6.18 Å². The summed E-state index contributed by atoms with van der Waals surface area (Å²) < 4.78 is 40.5. The Kier molecular flexibility index (Phi) is 5.58. The maximum Gasteiger partial charge on any atom is 0.416 e. The molecule has 0 fully saturated rings. The van der Waals surface area contributed by atoms with Crippen LogP contribution in [0.25, 0.3) is 16.9 Å². The van der Waals surface area contributed by atoms with Crippen LogP contribution in [0.15, 0.2) is 83.9 Å². The van der Waals surface area contributed by atoms with Gasteiger partial charge in [0, 0.05) is 28.5 Å². The minimum Gasteiger partial charge on any atom is -0.306 e. The number of halogens is 4. The van der Waals surface area contributed by atoms with Crippen LogP contribution in [0.2, 0.25) is 5.02 Å². The highest BCUT2D eigenvalue weighted by Crippen LogP contribution is 2.30. The van der Waals surface area contributed by atoms with Gasteiger partial charge in [-0.05, 0) is 42.5 Å². The third-order valence-electron chi connectivity index (χ3n) is 4.57. The molecule has 0 aliphatic heterocycles. The highest BCUT2D eigenvalue weighted by Gasteiger charge is 2.30. The Balaban J connectivity index is 1.71. The van der Waals surface area contributed by atoms with Crippen molar-refractivity contribution >= 4 is 23.3 Å². The molecule has 0 radical (unpaired) electrons. The first-order valence-corrected chi connectivity index (χ1v) is 9.62. The Morgan fingerprint density at radius 3 is 2.28 bits per heavy atom. The molecule has 2 aromatic heterocycles. The van der Waals surface area contributed by atoms with Gasteiger partial charge in [-0.25, -0.2) is 4.79 Å². The lowest BCUT2D eigenvalue weighted by Gasteiger charge is -2.08. The normalized spacial score (nSPS) is 11.4. The minimum absolute atomic E-state index is 0.157. The number of anilines is 1. The van der Waals surface area contributed by atoms with Crippen LogP contribution in [0.3, 0.4) is 0 Å². The molecule has 2 aromatic carbocycles. The lowest BCUT2D eigenvalue weighted by molar-refractivity contribution is -0.137. The predicted molar refractivity (Wildman–Crippen MR) is 114 cm³/mol. The molecule has 0 saturated carbocycles. The molecular formula is C22H14ClF3N4O2. The minimum atomic E-state index is -4.48. The number of carbonyl (C=O) groups is 1. The molecule has 10 heteroatoms. The maximum absolute atomic E-state index is 12.7. The van der Waals surface area contributed by atoms with E-state index in [-0.39, 0.29) is 11.2 Å². The predicted octanol–water partition coefficient (Wildman–Crippen LogP) is 5.45. The van der Waals surface area contributed by atoms with Gasteiger partial charge in [-0.3, -0.25) is 9.36 Å². The summed E-state index contributed by atoms with van der Waals surface area (Å²) in [6.45, 7) is 0. The molecule has 2 heterocycles. The van der Waals surface area contributed by atoms with E-state index in [1.807, 2.05) is 0 Å². The van der Waals surface area contributed by atoms with E-state index in [0.717, 1.165) is 28.9 Å². The highest BCUT2D eigenvalue weighted by atomic mass is 35.5. The van der Waals surface area contributed by atoms with Crippen molar-refractivity contribution in [2.75, 3.05) is 5.32 Å². The average Bonchev–Trinajstić information content (AvgIpc) is 3.20. The van der Waals surface area contributed by atoms with Gasteiger partial charge >= 0.3 is 12.2 Å². The zero-order valence-electron chi connectivity index (χ0n) is 16.2. The Bertz CT molecular complexity index is 1330. The second-order valence-electron chi connectivity index (χ2n) is 6.73. The van der Waals surface area contributed by atoms with E-state index in [9.17, 15) is 22.8 Å². The summed E-state index contributed by atoms with van der Waals surface area (Å²) >= 11 is 5.95. The van der Waals surface area contributed by atoms with E-state index in [1.54, 1.807) is 36.4 Å². The van der Waals surface area contributed by atoms with E-state index in [0.29, 0.717) is 22.0 Å². The van der Waals surface area contributed by atoms with Crippen LogP contribution in [-0.4, -0.2) is 20.4 Å². The summed E-state index contributed by atoms with van der Waals surface area (Å²) in [7, 11) is 0. The van der Waals surface area contributed by atoms with Crippen LogP contribution in [0.1, 0.15) is 5.56 Å². The lowest BCUT2D eigenvalue weighted by Crippen LogP contribution is -2.20. The molecule has 162 valence electrons. The Labute approximate surface area is 184 Å². The van der Waals surface area contributed by atoms with E-state index in [4.69, 9.17) is 11.6 Å². The van der Waals surface area contributed by atoms with Crippen LogP contribution in [0.5, 0.6) is 0 Å². The number of rotatable bonds is 3. The van der Waals surface area contributed by atoms with Crippen molar-refractivity contribution in [2.24, 2.45) is 0 Å². The Morgan fingerprint density at radius 1 is 0.969 bits per heavy atom. The quantitative estimate of drug-likeness (QED) is 0.443. The van der Waals surface area contributed by atoms with Crippen molar-refractivity contribution in [3.8, 4) is 16.9 Å². The second kappa shape index (κ2) is 8.35.